The summed E-state index contributed by atoms with van der Waals surface area (Å²) in [5.74, 6) is 0.614. The summed E-state index contributed by atoms with van der Waals surface area (Å²) in [5.41, 5.74) is 4.10. The lowest BCUT2D eigenvalue weighted by molar-refractivity contribution is 0.817. The van der Waals surface area contributed by atoms with E-state index >= 15 is 0 Å². The molecule has 1 aliphatic carbocycles. The highest BCUT2D eigenvalue weighted by Gasteiger charge is 2.14. The van der Waals surface area contributed by atoms with Gasteiger partial charge in [-0.3, -0.25) is 4.98 Å². The van der Waals surface area contributed by atoms with Crippen LogP contribution in [0.4, 0.5) is 0 Å². The first-order chi connectivity index (χ1) is 6.29. The summed E-state index contributed by atoms with van der Waals surface area (Å²) >= 11 is 0. The lowest BCUT2D eigenvalue weighted by atomic mass is 9.88. The van der Waals surface area contributed by atoms with Crippen molar-refractivity contribution in [3.8, 4) is 0 Å². The van der Waals surface area contributed by atoms with Gasteiger partial charge in [0.1, 0.15) is 0 Å². The van der Waals surface area contributed by atoms with Crippen LogP contribution in [0, 0.1) is 5.92 Å². The van der Waals surface area contributed by atoms with Gasteiger partial charge in [0.05, 0.1) is 0 Å². The molecule has 0 saturated heterocycles. The fraction of sp³-hybridized carbons (Fsp3) is 0.417. The first kappa shape index (κ1) is 8.49. The largest absolute Gasteiger partial charge is 0.261 e. The second-order valence-electron chi connectivity index (χ2n) is 3.85. The number of hydrogen-bond acceptors (Lipinski definition) is 1. The zero-order chi connectivity index (χ0) is 9.26. The van der Waals surface area contributed by atoms with E-state index in [1.165, 1.54) is 16.8 Å². The third kappa shape index (κ3) is 1.51. The molecule has 68 valence electrons. The van der Waals surface area contributed by atoms with Crippen LogP contribution in [0.3, 0.4) is 0 Å². The van der Waals surface area contributed by atoms with Crippen LogP contribution in [0.1, 0.15) is 31.5 Å². The minimum Gasteiger partial charge on any atom is -0.261 e. The Morgan fingerprint density at radius 2 is 2.23 bits per heavy atom. The molecule has 0 atom stereocenters. The van der Waals surface area contributed by atoms with Crippen LogP contribution in [0.5, 0.6) is 0 Å². The zero-order valence-corrected chi connectivity index (χ0v) is 8.25. The van der Waals surface area contributed by atoms with Gasteiger partial charge >= 0.3 is 0 Å². The molecule has 0 bridgehead atoms. The Kier molecular flexibility index (Phi) is 2.17. The van der Waals surface area contributed by atoms with Gasteiger partial charge in [-0.25, -0.2) is 0 Å². The van der Waals surface area contributed by atoms with E-state index in [9.17, 15) is 0 Å². The number of rotatable bonds is 1. The quantitative estimate of drug-likeness (QED) is 0.636. The van der Waals surface area contributed by atoms with E-state index in [2.05, 4.69) is 31.0 Å². The molecule has 0 radical (unpaired) electrons. The highest BCUT2D eigenvalue weighted by atomic mass is 14.7. The Labute approximate surface area is 79.5 Å². The van der Waals surface area contributed by atoms with Gasteiger partial charge in [-0.1, -0.05) is 26.0 Å². The summed E-state index contributed by atoms with van der Waals surface area (Å²) in [6.45, 7) is 4.49. The van der Waals surface area contributed by atoms with Crippen molar-refractivity contribution in [3.05, 3.63) is 35.7 Å². The highest BCUT2D eigenvalue weighted by molar-refractivity contribution is 5.70. The van der Waals surface area contributed by atoms with Crippen LogP contribution in [0.15, 0.2) is 24.4 Å². The van der Waals surface area contributed by atoms with Gasteiger partial charge in [0, 0.05) is 11.9 Å². The number of nitrogens with zero attached hydrogens (tertiary/aromatic N) is 1. The standard InChI is InChI=1S/C12H15N/c1-9(2)10-5-3-7-12-11(10)6-4-8-13-12/h4-6,8-9H,3,7H2,1-2H3. The van der Waals surface area contributed by atoms with Gasteiger partial charge in [0.15, 0.2) is 0 Å². The third-order valence-electron chi connectivity index (χ3n) is 2.57. The molecular weight excluding hydrogens is 158 g/mol. The van der Waals surface area contributed by atoms with Gasteiger partial charge < -0.3 is 0 Å². The Hall–Kier alpha value is -1.11. The first-order valence-corrected chi connectivity index (χ1v) is 4.93. The maximum atomic E-state index is 4.41. The molecule has 1 heteroatoms. The Morgan fingerprint density at radius 3 is 3.00 bits per heavy atom. The molecule has 0 N–H and O–H groups in total. The van der Waals surface area contributed by atoms with Gasteiger partial charge in [-0.15, -0.1) is 0 Å². The molecule has 13 heavy (non-hydrogen) atoms. The van der Waals surface area contributed by atoms with Crippen molar-refractivity contribution >= 4 is 5.57 Å². The smallest absolute Gasteiger partial charge is 0.0481 e. The number of allylic oxidation sites excluding steroid dienone is 2. The number of hydrogen-bond donors (Lipinski definition) is 0. The number of aromatic nitrogens is 1. The molecule has 1 heterocycles. The van der Waals surface area contributed by atoms with Crippen molar-refractivity contribution < 1.29 is 0 Å². The third-order valence-corrected chi connectivity index (χ3v) is 2.57. The molecule has 0 saturated carbocycles. The lowest BCUT2D eigenvalue weighted by Gasteiger charge is -2.19. The van der Waals surface area contributed by atoms with Gasteiger partial charge in [0.2, 0.25) is 0 Å². The molecule has 2 rings (SSSR count). The number of pyridine rings is 1. The number of fused-ring (bicyclic) bond motifs is 1. The Balaban J connectivity index is 2.47. The summed E-state index contributed by atoms with van der Waals surface area (Å²) in [6, 6.07) is 4.22. The number of aryl methyl sites for hydroxylation is 1. The van der Waals surface area contributed by atoms with Crippen molar-refractivity contribution in [2.24, 2.45) is 5.92 Å². The maximum absolute atomic E-state index is 4.41. The van der Waals surface area contributed by atoms with E-state index in [0.717, 1.165) is 12.8 Å². The minimum atomic E-state index is 0.614. The Morgan fingerprint density at radius 1 is 1.38 bits per heavy atom. The summed E-state index contributed by atoms with van der Waals surface area (Å²) in [5, 5.41) is 0. The normalized spacial score (nSPS) is 15.5. The average molecular weight is 173 g/mol. The monoisotopic (exact) mass is 173 g/mol. The van der Waals surface area contributed by atoms with E-state index < -0.39 is 0 Å². The molecule has 1 aromatic heterocycles. The van der Waals surface area contributed by atoms with Crippen molar-refractivity contribution in [2.45, 2.75) is 26.7 Å². The van der Waals surface area contributed by atoms with Crippen molar-refractivity contribution in [1.29, 1.82) is 0 Å². The SMILES string of the molecule is CC(C)C1=CCCc2ncccc21. The lowest BCUT2D eigenvalue weighted by Crippen LogP contribution is -2.05. The molecule has 0 fully saturated rings. The van der Waals surface area contributed by atoms with Gasteiger partial charge in [-0.05, 0) is 36.0 Å². The fourth-order valence-electron chi connectivity index (χ4n) is 1.92. The van der Waals surface area contributed by atoms with Crippen molar-refractivity contribution in [1.82, 2.24) is 4.98 Å². The Bertz CT molecular complexity index is 337. The summed E-state index contributed by atoms with van der Waals surface area (Å²) < 4.78 is 0. The predicted octanol–water partition coefficient (Wildman–Crippen LogP) is 3.07. The van der Waals surface area contributed by atoms with E-state index in [1.54, 1.807) is 0 Å². The topological polar surface area (TPSA) is 12.9 Å². The first-order valence-electron chi connectivity index (χ1n) is 4.93. The molecule has 1 aliphatic rings. The molecule has 0 amide bonds. The van der Waals surface area contributed by atoms with E-state index in [0.29, 0.717) is 5.92 Å². The van der Waals surface area contributed by atoms with Crippen LogP contribution in [0.25, 0.3) is 5.57 Å². The van der Waals surface area contributed by atoms with Gasteiger partial charge in [0.25, 0.3) is 0 Å². The highest BCUT2D eigenvalue weighted by Crippen LogP contribution is 2.29. The second-order valence-corrected chi connectivity index (χ2v) is 3.85. The van der Waals surface area contributed by atoms with Crippen LogP contribution in [-0.4, -0.2) is 4.98 Å². The van der Waals surface area contributed by atoms with Crippen molar-refractivity contribution in [2.75, 3.05) is 0 Å². The van der Waals surface area contributed by atoms with Gasteiger partial charge in [-0.2, -0.15) is 0 Å². The summed E-state index contributed by atoms with van der Waals surface area (Å²) in [6.07, 6.45) is 6.50. The molecule has 0 unspecified atom stereocenters. The second kappa shape index (κ2) is 3.33. The van der Waals surface area contributed by atoms with Crippen LogP contribution >= 0.6 is 0 Å². The molecule has 0 aliphatic heterocycles. The summed E-state index contributed by atoms with van der Waals surface area (Å²) in [7, 11) is 0. The molecule has 1 nitrogen and oxygen atoms in total. The van der Waals surface area contributed by atoms with E-state index in [1.807, 2.05) is 12.3 Å². The van der Waals surface area contributed by atoms with Crippen LogP contribution in [0.2, 0.25) is 0 Å². The molecule has 0 aromatic carbocycles. The summed E-state index contributed by atoms with van der Waals surface area (Å²) in [4.78, 5) is 4.41. The average Bonchev–Trinajstić information content (AvgIpc) is 2.17. The van der Waals surface area contributed by atoms with Crippen molar-refractivity contribution in [3.63, 3.8) is 0 Å². The predicted molar refractivity (Wildman–Crippen MR) is 55.4 cm³/mol. The zero-order valence-electron chi connectivity index (χ0n) is 8.25. The van der Waals surface area contributed by atoms with Crippen LogP contribution in [-0.2, 0) is 6.42 Å². The maximum Gasteiger partial charge on any atom is 0.0481 e. The minimum absolute atomic E-state index is 0.614. The van der Waals surface area contributed by atoms with E-state index in [-0.39, 0.29) is 0 Å². The van der Waals surface area contributed by atoms with Crippen LogP contribution < -0.4 is 0 Å². The molecular formula is C12H15N. The fourth-order valence-corrected chi connectivity index (χ4v) is 1.92. The molecule has 0 spiro atoms. The molecule has 1 aromatic rings. The van der Waals surface area contributed by atoms with E-state index in [4.69, 9.17) is 0 Å².